The second-order valence-electron chi connectivity index (χ2n) is 1.28. The van der Waals surface area contributed by atoms with Crippen LogP contribution in [0.2, 0.25) is 0 Å². The summed E-state index contributed by atoms with van der Waals surface area (Å²) in [5.41, 5.74) is 0. The summed E-state index contributed by atoms with van der Waals surface area (Å²) < 4.78 is 0. The molecule has 0 spiro atoms. The van der Waals surface area contributed by atoms with Crippen LogP contribution in [0.15, 0.2) is 0 Å². The number of hydrogen-bond donors (Lipinski definition) is 0. The molecule has 0 N–H and O–H groups in total. The van der Waals surface area contributed by atoms with Gasteiger partial charge in [0.15, 0.2) is 0 Å². The minimum atomic E-state index is -0.986. The highest BCUT2D eigenvalue weighted by atomic mass is 16.7. The summed E-state index contributed by atoms with van der Waals surface area (Å²) in [4.78, 5) is 17.4. The van der Waals surface area contributed by atoms with Gasteiger partial charge < -0.3 is 0 Å². The molecule has 0 aromatic carbocycles. The molecule has 0 saturated heterocycles. The molecular formula is C3H5N2O4. The van der Waals surface area contributed by atoms with E-state index in [-0.39, 0.29) is 6.42 Å². The third-order valence-corrected chi connectivity index (χ3v) is 0.738. The Morgan fingerprint density at radius 1 is 1.33 bits per heavy atom. The summed E-state index contributed by atoms with van der Waals surface area (Å²) in [6, 6.07) is 0. The van der Waals surface area contributed by atoms with Crippen LogP contribution in [0, 0.1) is 26.4 Å². The van der Waals surface area contributed by atoms with Crippen molar-refractivity contribution in [2.24, 2.45) is 0 Å². The molecule has 0 saturated carbocycles. The Bertz CT molecular complexity index is 120. The van der Waals surface area contributed by atoms with Gasteiger partial charge in [-0.15, -0.1) is 0 Å². The largest absolute Gasteiger partial charge is 0.593 e. The number of hydrogen-bond acceptors (Lipinski definition) is 4. The van der Waals surface area contributed by atoms with Gasteiger partial charge in [0.25, 0.3) is 0 Å². The van der Waals surface area contributed by atoms with E-state index >= 15 is 0 Å². The molecule has 0 bridgehead atoms. The SMILES string of the molecule is CC[C]([N+](=O)[O-])[N+](=O)[O-]. The standard InChI is InChI=1S/C3H5N2O4/c1-2-3(4(6)7)5(8)9/h2H2,1H3. The predicted molar refractivity (Wildman–Crippen MR) is 27.5 cm³/mol. The van der Waals surface area contributed by atoms with Gasteiger partial charge in [-0.25, -0.2) is 0 Å². The molecule has 0 unspecified atom stereocenters. The first-order valence-corrected chi connectivity index (χ1v) is 2.24. The molecule has 0 fully saturated rings. The maximum Gasteiger partial charge on any atom is 0.593 e. The molecule has 0 aliphatic rings. The lowest BCUT2D eigenvalue weighted by Crippen LogP contribution is -2.17. The topological polar surface area (TPSA) is 86.3 Å². The quantitative estimate of drug-likeness (QED) is 0.412. The molecular weight excluding hydrogens is 128 g/mol. The highest BCUT2D eigenvalue weighted by Crippen LogP contribution is 2.04. The summed E-state index contributed by atoms with van der Waals surface area (Å²) >= 11 is 0. The van der Waals surface area contributed by atoms with Crippen molar-refractivity contribution in [3.63, 3.8) is 0 Å². The summed E-state index contributed by atoms with van der Waals surface area (Å²) in [5.74, 6) is 0. The smallest absolute Gasteiger partial charge is 0.258 e. The fraction of sp³-hybridized carbons (Fsp3) is 0.667. The average molecular weight is 133 g/mol. The van der Waals surface area contributed by atoms with Crippen LogP contribution in [0.1, 0.15) is 13.3 Å². The second kappa shape index (κ2) is 2.95. The third-order valence-electron chi connectivity index (χ3n) is 0.738. The molecule has 0 rings (SSSR count). The van der Waals surface area contributed by atoms with Gasteiger partial charge in [-0.05, 0) is 0 Å². The molecule has 6 nitrogen and oxygen atoms in total. The van der Waals surface area contributed by atoms with Crippen LogP contribution in [0.25, 0.3) is 0 Å². The van der Waals surface area contributed by atoms with Gasteiger partial charge in [-0.3, -0.25) is 20.2 Å². The van der Waals surface area contributed by atoms with Crippen molar-refractivity contribution in [1.29, 1.82) is 0 Å². The van der Waals surface area contributed by atoms with Gasteiger partial charge in [0.2, 0.25) is 0 Å². The van der Waals surface area contributed by atoms with Crippen LogP contribution >= 0.6 is 0 Å². The molecule has 0 amide bonds. The minimum absolute atomic E-state index is 0.153. The Morgan fingerprint density at radius 3 is 1.67 bits per heavy atom. The zero-order chi connectivity index (χ0) is 7.44. The van der Waals surface area contributed by atoms with Crippen molar-refractivity contribution in [3.8, 4) is 0 Å². The molecule has 9 heavy (non-hydrogen) atoms. The van der Waals surface area contributed by atoms with E-state index in [1.54, 1.807) is 0 Å². The van der Waals surface area contributed by atoms with Crippen molar-refractivity contribution in [1.82, 2.24) is 0 Å². The normalized spacial score (nSPS) is 9.56. The Kier molecular flexibility index (Phi) is 2.56. The van der Waals surface area contributed by atoms with Crippen molar-refractivity contribution >= 4 is 0 Å². The molecule has 51 valence electrons. The van der Waals surface area contributed by atoms with Gasteiger partial charge in [-0.2, -0.15) is 0 Å². The second-order valence-corrected chi connectivity index (χ2v) is 1.28. The zero-order valence-electron chi connectivity index (χ0n) is 4.73. The molecule has 6 heteroatoms. The average Bonchev–Trinajstić information content (AvgIpc) is 1.64. The first-order chi connectivity index (χ1) is 4.09. The summed E-state index contributed by atoms with van der Waals surface area (Å²) in [7, 11) is 0. The van der Waals surface area contributed by atoms with Crippen LogP contribution in [0.4, 0.5) is 0 Å². The number of nitrogens with zero attached hydrogens (tertiary/aromatic N) is 2. The van der Waals surface area contributed by atoms with Crippen LogP contribution in [-0.2, 0) is 0 Å². The van der Waals surface area contributed by atoms with Crippen LogP contribution in [-0.4, -0.2) is 9.85 Å². The molecule has 0 aliphatic carbocycles. The predicted octanol–water partition coefficient (Wildman–Crippen LogP) is 0.439. The van der Waals surface area contributed by atoms with E-state index in [2.05, 4.69) is 0 Å². The van der Waals surface area contributed by atoms with Crippen molar-refractivity contribution in [2.45, 2.75) is 13.3 Å². The van der Waals surface area contributed by atoms with E-state index < -0.39 is 16.0 Å². The fourth-order valence-corrected chi connectivity index (χ4v) is 0.325. The van der Waals surface area contributed by atoms with Gasteiger partial charge in [0, 0.05) is 0 Å². The van der Waals surface area contributed by atoms with Crippen molar-refractivity contribution < 1.29 is 9.85 Å². The Labute approximate surface area is 50.8 Å². The monoisotopic (exact) mass is 133 g/mol. The first kappa shape index (κ1) is 7.80. The summed E-state index contributed by atoms with van der Waals surface area (Å²) in [6.45, 7) is 1.36. The van der Waals surface area contributed by atoms with E-state index in [1.165, 1.54) is 6.92 Å². The van der Waals surface area contributed by atoms with Gasteiger partial charge in [0.1, 0.15) is 16.3 Å². The van der Waals surface area contributed by atoms with Gasteiger partial charge in [0.05, 0.1) is 0 Å². The van der Waals surface area contributed by atoms with E-state index in [9.17, 15) is 20.2 Å². The third kappa shape index (κ3) is 2.02. The summed E-state index contributed by atoms with van der Waals surface area (Å²) in [5, 5.41) is 19.4. The highest BCUT2D eigenvalue weighted by Gasteiger charge is 2.35. The van der Waals surface area contributed by atoms with E-state index in [1.807, 2.05) is 0 Å². The van der Waals surface area contributed by atoms with Gasteiger partial charge in [-0.1, -0.05) is 6.92 Å². The lowest BCUT2D eigenvalue weighted by atomic mass is 10.4. The molecule has 0 heterocycles. The highest BCUT2D eigenvalue weighted by molar-refractivity contribution is 4.55. The maximum absolute atomic E-state index is 9.70. The maximum atomic E-state index is 9.70. The number of rotatable bonds is 3. The Hall–Kier alpha value is -1.20. The molecule has 0 aliphatic heterocycles. The van der Waals surface area contributed by atoms with E-state index in [0.29, 0.717) is 0 Å². The van der Waals surface area contributed by atoms with Crippen molar-refractivity contribution in [3.05, 3.63) is 26.4 Å². The molecule has 0 atom stereocenters. The van der Waals surface area contributed by atoms with Gasteiger partial charge >= 0.3 is 6.17 Å². The molecule has 0 aromatic heterocycles. The summed E-state index contributed by atoms with van der Waals surface area (Å²) in [6.07, 6.45) is -1.02. The lowest BCUT2D eigenvalue weighted by Gasteiger charge is -1.90. The lowest BCUT2D eigenvalue weighted by molar-refractivity contribution is -0.671. The van der Waals surface area contributed by atoms with E-state index in [4.69, 9.17) is 0 Å². The van der Waals surface area contributed by atoms with Crippen LogP contribution < -0.4 is 0 Å². The number of nitro groups is 2. The van der Waals surface area contributed by atoms with Crippen LogP contribution in [0.3, 0.4) is 0 Å². The zero-order valence-corrected chi connectivity index (χ0v) is 4.73. The minimum Gasteiger partial charge on any atom is -0.258 e. The van der Waals surface area contributed by atoms with Crippen molar-refractivity contribution in [2.75, 3.05) is 0 Å². The Morgan fingerprint density at radius 2 is 1.67 bits per heavy atom. The first-order valence-electron chi connectivity index (χ1n) is 2.24. The van der Waals surface area contributed by atoms with E-state index in [0.717, 1.165) is 0 Å². The Balaban J connectivity index is 3.99. The molecule has 1 radical (unpaired) electrons. The fourth-order valence-electron chi connectivity index (χ4n) is 0.325. The van der Waals surface area contributed by atoms with Crippen LogP contribution in [0.5, 0.6) is 0 Å². The molecule has 0 aromatic rings.